The highest BCUT2D eigenvalue weighted by atomic mass is 16.6. The molecule has 1 fully saturated rings. The predicted molar refractivity (Wildman–Crippen MR) is 62.2 cm³/mol. The molecule has 2 unspecified atom stereocenters. The zero-order valence-corrected chi connectivity index (χ0v) is 10.7. The molecule has 1 saturated heterocycles. The molecular formula is C12H23NO3. The fraction of sp³-hybridized carbons (Fsp3) is 0.917. The summed E-state index contributed by atoms with van der Waals surface area (Å²) < 4.78 is 5.26. The van der Waals surface area contributed by atoms with Crippen LogP contribution in [0, 0.1) is 5.41 Å². The minimum absolute atomic E-state index is 0.273. The first-order chi connectivity index (χ1) is 7.32. The van der Waals surface area contributed by atoms with Gasteiger partial charge in [-0.3, -0.25) is 0 Å². The van der Waals surface area contributed by atoms with Gasteiger partial charge >= 0.3 is 6.09 Å². The zero-order chi connectivity index (χ0) is 12.3. The summed E-state index contributed by atoms with van der Waals surface area (Å²) in [4.78, 5) is 13.4. The molecule has 0 aromatic rings. The lowest BCUT2D eigenvalue weighted by Crippen LogP contribution is -2.41. The number of ether oxygens (including phenoxy) is 1. The van der Waals surface area contributed by atoms with Crippen LogP contribution in [0.1, 0.15) is 40.5 Å². The Kier molecular flexibility index (Phi) is 4.19. The monoisotopic (exact) mass is 229 g/mol. The average Bonchev–Trinajstić information content (AvgIpc) is 2.67. The van der Waals surface area contributed by atoms with Crippen LogP contribution in [0.15, 0.2) is 0 Å². The number of carbonyl (C=O) groups excluding carboxylic acids is 1. The highest BCUT2D eigenvalue weighted by Gasteiger charge is 2.31. The van der Waals surface area contributed by atoms with Gasteiger partial charge < -0.3 is 14.7 Å². The minimum atomic E-state index is -0.640. The first kappa shape index (κ1) is 13.3. The molecule has 1 aliphatic heterocycles. The largest absolute Gasteiger partial charge is 0.444 e. The Hall–Kier alpha value is -0.770. The van der Waals surface area contributed by atoms with Gasteiger partial charge in [0.15, 0.2) is 0 Å². The van der Waals surface area contributed by atoms with Crippen LogP contribution in [0.5, 0.6) is 0 Å². The van der Waals surface area contributed by atoms with E-state index in [-0.39, 0.29) is 11.5 Å². The number of hydrogen-bond donors (Lipinski definition) is 1. The number of aliphatic hydroxyl groups is 1. The molecule has 4 heteroatoms. The third-order valence-electron chi connectivity index (χ3n) is 2.98. The number of nitrogens with zero attached hydrogens (tertiary/aromatic N) is 1. The van der Waals surface area contributed by atoms with Gasteiger partial charge in [-0.2, -0.15) is 0 Å². The topological polar surface area (TPSA) is 49.8 Å². The summed E-state index contributed by atoms with van der Waals surface area (Å²) in [6, 6.07) is 0. The molecule has 16 heavy (non-hydrogen) atoms. The van der Waals surface area contributed by atoms with Gasteiger partial charge in [-0.1, -0.05) is 20.8 Å². The van der Waals surface area contributed by atoms with Gasteiger partial charge in [0.2, 0.25) is 0 Å². The molecule has 2 atom stereocenters. The van der Waals surface area contributed by atoms with E-state index < -0.39 is 12.2 Å². The Morgan fingerprint density at radius 3 is 2.25 bits per heavy atom. The van der Waals surface area contributed by atoms with E-state index >= 15 is 0 Å². The van der Waals surface area contributed by atoms with Crippen LogP contribution in [0.3, 0.4) is 0 Å². The van der Waals surface area contributed by atoms with Gasteiger partial charge in [-0.25, -0.2) is 4.79 Å². The smallest absolute Gasteiger partial charge is 0.410 e. The van der Waals surface area contributed by atoms with Crippen molar-refractivity contribution in [2.75, 3.05) is 13.1 Å². The van der Waals surface area contributed by atoms with Crippen molar-refractivity contribution in [3.63, 3.8) is 0 Å². The van der Waals surface area contributed by atoms with Gasteiger partial charge in [0.25, 0.3) is 0 Å². The third kappa shape index (κ3) is 3.37. The standard InChI is InChI=1S/C12H23NO3/c1-9(10(14)12(2,3)4)16-11(15)13-7-5-6-8-13/h9-10,14H,5-8H2,1-4H3. The molecule has 0 saturated carbocycles. The molecule has 1 heterocycles. The fourth-order valence-corrected chi connectivity index (χ4v) is 1.90. The molecule has 1 rings (SSSR count). The summed E-state index contributed by atoms with van der Waals surface area (Å²) >= 11 is 0. The van der Waals surface area contributed by atoms with Gasteiger partial charge in [0.1, 0.15) is 6.10 Å². The van der Waals surface area contributed by atoms with Gasteiger partial charge in [0.05, 0.1) is 6.10 Å². The second kappa shape index (κ2) is 5.04. The van der Waals surface area contributed by atoms with E-state index in [0.29, 0.717) is 0 Å². The maximum Gasteiger partial charge on any atom is 0.410 e. The van der Waals surface area contributed by atoms with Gasteiger partial charge in [-0.15, -0.1) is 0 Å². The number of carbonyl (C=O) groups is 1. The zero-order valence-electron chi connectivity index (χ0n) is 10.7. The molecule has 1 N–H and O–H groups in total. The number of hydrogen-bond acceptors (Lipinski definition) is 3. The molecule has 0 radical (unpaired) electrons. The van der Waals surface area contributed by atoms with Crippen molar-refractivity contribution in [1.29, 1.82) is 0 Å². The number of amides is 1. The van der Waals surface area contributed by atoms with Crippen LogP contribution in [-0.2, 0) is 4.74 Å². The molecule has 0 aromatic carbocycles. The van der Waals surface area contributed by atoms with Crippen LogP contribution in [0.2, 0.25) is 0 Å². The summed E-state index contributed by atoms with van der Waals surface area (Å²) in [5.74, 6) is 0. The Labute approximate surface area is 97.6 Å². The summed E-state index contributed by atoms with van der Waals surface area (Å²) in [6.45, 7) is 9.08. The van der Waals surface area contributed by atoms with Crippen molar-refractivity contribution in [2.45, 2.75) is 52.7 Å². The van der Waals surface area contributed by atoms with Crippen LogP contribution in [0.25, 0.3) is 0 Å². The van der Waals surface area contributed by atoms with E-state index in [2.05, 4.69) is 0 Å². The lowest BCUT2D eigenvalue weighted by molar-refractivity contribution is -0.0495. The maximum atomic E-state index is 11.7. The summed E-state index contributed by atoms with van der Waals surface area (Å²) in [6.07, 6.45) is 0.692. The summed E-state index contributed by atoms with van der Waals surface area (Å²) in [7, 11) is 0. The third-order valence-corrected chi connectivity index (χ3v) is 2.98. The van der Waals surface area contributed by atoms with Crippen LogP contribution < -0.4 is 0 Å². The van der Waals surface area contributed by atoms with Crippen molar-refractivity contribution in [3.8, 4) is 0 Å². The lowest BCUT2D eigenvalue weighted by Gasteiger charge is -2.31. The van der Waals surface area contributed by atoms with Crippen molar-refractivity contribution in [2.24, 2.45) is 5.41 Å². The quantitative estimate of drug-likeness (QED) is 0.788. The normalized spacial score (nSPS) is 20.7. The predicted octanol–water partition coefficient (Wildman–Crippen LogP) is 2.01. The Morgan fingerprint density at radius 1 is 1.31 bits per heavy atom. The number of aliphatic hydroxyl groups excluding tert-OH is 1. The fourth-order valence-electron chi connectivity index (χ4n) is 1.90. The summed E-state index contributed by atoms with van der Waals surface area (Å²) in [5, 5.41) is 9.95. The Balaban J connectivity index is 2.44. The van der Waals surface area contributed by atoms with Crippen LogP contribution >= 0.6 is 0 Å². The average molecular weight is 229 g/mol. The molecule has 0 aliphatic carbocycles. The first-order valence-electron chi connectivity index (χ1n) is 5.96. The second-order valence-electron chi connectivity index (χ2n) is 5.59. The van der Waals surface area contributed by atoms with E-state index in [9.17, 15) is 9.90 Å². The minimum Gasteiger partial charge on any atom is -0.444 e. The van der Waals surface area contributed by atoms with Crippen LogP contribution in [-0.4, -0.2) is 41.4 Å². The molecular weight excluding hydrogens is 206 g/mol. The first-order valence-corrected chi connectivity index (χ1v) is 5.96. The molecule has 0 aromatic heterocycles. The van der Waals surface area contributed by atoms with Crippen molar-refractivity contribution in [3.05, 3.63) is 0 Å². The highest BCUT2D eigenvalue weighted by Crippen LogP contribution is 2.23. The molecule has 4 nitrogen and oxygen atoms in total. The van der Waals surface area contributed by atoms with Crippen molar-refractivity contribution >= 4 is 6.09 Å². The van der Waals surface area contributed by atoms with Crippen molar-refractivity contribution < 1.29 is 14.6 Å². The van der Waals surface area contributed by atoms with Crippen molar-refractivity contribution in [1.82, 2.24) is 4.90 Å². The Morgan fingerprint density at radius 2 is 1.81 bits per heavy atom. The SMILES string of the molecule is CC(OC(=O)N1CCCC1)C(O)C(C)(C)C. The van der Waals surface area contributed by atoms with Gasteiger partial charge in [0, 0.05) is 13.1 Å². The molecule has 0 bridgehead atoms. The van der Waals surface area contributed by atoms with E-state index in [1.54, 1.807) is 11.8 Å². The van der Waals surface area contributed by atoms with E-state index in [4.69, 9.17) is 4.74 Å². The molecule has 1 amide bonds. The second-order valence-corrected chi connectivity index (χ2v) is 5.59. The molecule has 94 valence electrons. The van der Waals surface area contributed by atoms with E-state index in [1.807, 2.05) is 20.8 Å². The lowest BCUT2D eigenvalue weighted by atomic mass is 9.86. The van der Waals surface area contributed by atoms with Crippen LogP contribution in [0.4, 0.5) is 4.79 Å². The van der Waals surface area contributed by atoms with E-state index in [0.717, 1.165) is 25.9 Å². The highest BCUT2D eigenvalue weighted by molar-refractivity contribution is 5.68. The summed E-state index contributed by atoms with van der Waals surface area (Å²) in [5.41, 5.74) is -0.273. The number of likely N-dealkylation sites (tertiary alicyclic amines) is 1. The van der Waals surface area contributed by atoms with Gasteiger partial charge in [-0.05, 0) is 25.2 Å². The molecule has 0 spiro atoms. The van der Waals surface area contributed by atoms with E-state index in [1.165, 1.54) is 0 Å². The molecule has 1 aliphatic rings. The maximum absolute atomic E-state index is 11.7. The number of rotatable bonds is 2. The Bertz CT molecular complexity index is 241.